The van der Waals surface area contributed by atoms with Gasteiger partial charge in [0.05, 0.1) is 25.2 Å². The van der Waals surface area contributed by atoms with Gasteiger partial charge < -0.3 is 29.7 Å². The van der Waals surface area contributed by atoms with E-state index >= 15 is 0 Å². The van der Waals surface area contributed by atoms with E-state index in [0.717, 1.165) is 10.1 Å². The lowest BCUT2D eigenvalue weighted by atomic mass is 10.0. The first-order chi connectivity index (χ1) is 18.8. The zero-order chi connectivity index (χ0) is 27.8. The van der Waals surface area contributed by atoms with E-state index in [1.165, 1.54) is 11.3 Å². The molecular formula is C29H33N3O6S. The quantitative estimate of drug-likeness (QED) is 0.223. The van der Waals surface area contributed by atoms with E-state index in [1.807, 2.05) is 49.1 Å². The lowest BCUT2D eigenvalue weighted by Gasteiger charge is -2.26. The lowest BCUT2D eigenvalue weighted by molar-refractivity contribution is -0.133. The second-order valence-electron chi connectivity index (χ2n) is 9.55. The zero-order valence-corrected chi connectivity index (χ0v) is 23.1. The molecular weight excluding hydrogens is 518 g/mol. The molecule has 4 rings (SSSR count). The normalized spacial score (nSPS) is 14.7. The number of carbonyl (C=O) groups is 3. The van der Waals surface area contributed by atoms with E-state index in [4.69, 9.17) is 14.2 Å². The number of morpholine rings is 1. The Labute approximate surface area is 231 Å². The molecule has 0 unspecified atom stereocenters. The van der Waals surface area contributed by atoms with Gasteiger partial charge >= 0.3 is 5.97 Å². The maximum Gasteiger partial charge on any atom is 0.361 e. The van der Waals surface area contributed by atoms with E-state index in [9.17, 15) is 14.4 Å². The number of esters is 1. The van der Waals surface area contributed by atoms with Crippen molar-refractivity contribution < 1.29 is 28.6 Å². The van der Waals surface area contributed by atoms with Crippen LogP contribution in [0.1, 0.15) is 29.9 Å². The Morgan fingerprint density at radius 3 is 2.41 bits per heavy atom. The van der Waals surface area contributed by atoms with Crippen LogP contribution in [-0.2, 0) is 14.3 Å². The van der Waals surface area contributed by atoms with Crippen LogP contribution in [0.5, 0.6) is 11.5 Å². The number of hydrogen-bond acceptors (Lipinski definition) is 8. The fraction of sp³-hybridized carbons (Fsp3) is 0.345. The second-order valence-corrected chi connectivity index (χ2v) is 10.6. The number of amides is 2. The Kier molecular flexibility index (Phi) is 9.56. The Bertz CT molecular complexity index is 1300. The SMILES string of the molecule is COc1ccc(OC(=O)/C(=C\N2CCOCC2)NC(=O)[C@H](CC(C)C)NC(=O)c2cc3ccccc3s2)cc1. The smallest absolute Gasteiger partial charge is 0.361 e. The molecule has 9 nitrogen and oxygen atoms in total. The largest absolute Gasteiger partial charge is 0.497 e. The molecule has 1 aliphatic heterocycles. The number of methoxy groups -OCH3 is 1. The molecule has 1 aromatic heterocycles. The standard InChI is InChI=1S/C29H33N3O6S/c1-19(2)16-23(30-28(34)26-17-20-6-4-5-7-25(20)39-26)27(33)31-24(18-32-12-14-37-15-13-32)29(35)38-22-10-8-21(36-3)9-11-22/h4-11,17-19,23H,12-16H2,1-3H3,(H,30,34)(H,31,33)/b24-18+/t23-/m0/s1. The number of nitrogens with zero attached hydrogens (tertiary/aromatic N) is 1. The monoisotopic (exact) mass is 551 g/mol. The molecule has 2 amide bonds. The fourth-order valence-corrected chi connectivity index (χ4v) is 5.04. The molecule has 2 N–H and O–H groups in total. The third-order valence-corrected chi connectivity index (χ3v) is 7.20. The molecule has 0 bridgehead atoms. The number of thiophene rings is 1. The first kappa shape index (κ1) is 28.1. The predicted octanol–water partition coefficient (Wildman–Crippen LogP) is 3.95. The summed E-state index contributed by atoms with van der Waals surface area (Å²) in [5.41, 5.74) is -0.0254. The maximum absolute atomic E-state index is 13.5. The Balaban J connectivity index is 1.52. The van der Waals surface area contributed by atoms with Crippen molar-refractivity contribution in [1.82, 2.24) is 15.5 Å². The molecule has 0 aliphatic carbocycles. The molecule has 39 heavy (non-hydrogen) atoms. The summed E-state index contributed by atoms with van der Waals surface area (Å²) in [6.45, 7) is 6.07. The third-order valence-electron chi connectivity index (χ3n) is 6.08. The van der Waals surface area contributed by atoms with Crippen molar-refractivity contribution in [2.75, 3.05) is 33.4 Å². The molecule has 1 saturated heterocycles. The average Bonchev–Trinajstić information content (AvgIpc) is 3.38. The van der Waals surface area contributed by atoms with Crippen LogP contribution in [0.4, 0.5) is 0 Å². The fourth-order valence-electron chi connectivity index (χ4n) is 4.08. The van der Waals surface area contributed by atoms with Gasteiger partial charge in [-0.1, -0.05) is 32.0 Å². The molecule has 10 heteroatoms. The summed E-state index contributed by atoms with van der Waals surface area (Å²) in [5.74, 6) is -0.515. The minimum Gasteiger partial charge on any atom is -0.497 e. The number of rotatable bonds is 10. The predicted molar refractivity (Wildman–Crippen MR) is 150 cm³/mol. The summed E-state index contributed by atoms with van der Waals surface area (Å²) in [4.78, 5) is 42.2. The van der Waals surface area contributed by atoms with Gasteiger partial charge in [0.1, 0.15) is 23.2 Å². The van der Waals surface area contributed by atoms with Gasteiger partial charge in [-0.15, -0.1) is 11.3 Å². The third kappa shape index (κ3) is 7.81. The average molecular weight is 552 g/mol. The van der Waals surface area contributed by atoms with Gasteiger partial charge in [-0.05, 0) is 54.1 Å². The minimum absolute atomic E-state index is 0.0254. The van der Waals surface area contributed by atoms with Gasteiger partial charge in [0, 0.05) is 24.0 Å². The minimum atomic E-state index is -0.857. The van der Waals surface area contributed by atoms with Gasteiger partial charge in [0.25, 0.3) is 5.91 Å². The van der Waals surface area contributed by atoms with Gasteiger partial charge in [0.15, 0.2) is 0 Å². The molecule has 2 heterocycles. The topological polar surface area (TPSA) is 106 Å². The first-order valence-corrected chi connectivity index (χ1v) is 13.6. The number of benzene rings is 2. The maximum atomic E-state index is 13.5. The highest BCUT2D eigenvalue weighted by Crippen LogP contribution is 2.25. The number of nitrogens with one attached hydrogen (secondary N) is 2. The van der Waals surface area contributed by atoms with Crippen molar-refractivity contribution >= 4 is 39.2 Å². The Morgan fingerprint density at radius 1 is 1.05 bits per heavy atom. The zero-order valence-electron chi connectivity index (χ0n) is 22.3. The van der Waals surface area contributed by atoms with Crippen molar-refractivity contribution in [2.45, 2.75) is 26.3 Å². The molecule has 1 fully saturated rings. The van der Waals surface area contributed by atoms with E-state index in [-0.39, 0.29) is 17.5 Å². The molecule has 0 spiro atoms. The number of ether oxygens (including phenoxy) is 3. The highest BCUT2D eigenvalue weighted by atomic mass is 32.1. The summed E-state index contributed by atoms with van der Waals surface area (Å²) in [6, 6.07) is 15.3. The van der Waals surface area contributed by atoms with E-state index in [1.54, 1.807) is 37.6 Å². The van der Waals surface area contributed by atoms with Crippen LogP contribution < -0.4 is 20.1 Å². The first-order valence-electron chi connectivity index (χ1n) is 12.8. The van der Waals surface area contributed by atoms with Crippen LogP contribution in [0, 0.1) is 5.92 Å². The molecule has 1 aliphatic rings. The number of hydrogen-bond donors (Lipinski definition) is 2. The van der Waals surface area contributed by atoms with Crippen LogP contribution in [-0.4, -0.2) is 62.1 Å². The summed E-state index contributed by atoms with van der Waals surface area (Å²) in [7, 11) is 1.55. The van der Waals surface area contributed by atoms with Crippen molar-refractivity contribution in [2.24, 2.45) is 5.92 Å². The second kappa shape index (κ2) is 13.3. The van der Waals surface area contributed by atoms with Crippen LogP contribution in [0.25, 0.3) is 10.1 Å². The van der Waals surface area contributed by atoms with E-state index in [0.29, 0.717) is 49.1 Å². The van der Waals surface area contributed by atoms with Crippen molar-refractivity contribution in [3.8, 4) is 11.5 Å². The van der Waals surface area contributed by atoms with Gasteiger partial charge in [-0.25, -0.2) is 4.79 Å². The number of carbonyl (C=O) groups excluding carboxylic acids is 3. The van der Waals surface area contributed by atoms with Crippen LogP contribution in [0.3, 0.4) is 0 Å². The molecule has 206 valence electrons. The molecule has 3 aromatic rings. The van der Waals surface area contributed by atoms with E-state index in [2.05, 4.69) is 10.6 Å². The molecule has 1 atom stereocenters. The number of fused-ring (bicyclic) bond motifs is 1. The van der Waals surface area contributed by atoms with Crippen molar-refractivity contribution in [3.05, 3.63) is 71.4 Å². The highest BCUT2D eigenvalue weighted by molar-refractivity contribution is 7.20. The lowest BCUT2D eigenvalue weighted by Crippen LogP contribution is -2.48. The van der Waals surface area contributed by atoms with Crippen LogP contribution in [0.15, 0.2) is 66.5 Å². The van der Waals surface area contributed by atoms with Gasteiger partial charge in [-0.2, -0.15) is 0 Å². The van der Waals surface area contributed by atoms with Gasteiger partial charge in [-0.3, -0.25) is 9.59 Å². The van der Waals surface area contributed by atoms with Crippen LogP contribution >= 0.6 is 11.3 Å². The van der Waals surface area contributed by atoms with Crippen molar-refractivity contribution in [3.63, 3.8) is 0 Å². The Morgan fingerprint density at radius 2 is 1.74 bits per heavy atom. The van der Waals surface area contributed by atoms with Crippen molar-refractivity contribution in [1.29, 1.82) is 0 Å². The highest BCUT2D eigenvalue weighted by Gasteiger charge is 2.27. The van der Waals surface area contributed by atoms with Crippen LogP contribution in [0.2, 0.25) is 0 Å². The van der Waals surface area contributed by atoms with Gasteiger partial charge in [0.2, 0.25) is 5.91 Å². The van der Waals surface area contributed by atoms with E-state index < -0.39 is 17.9 Å². The molecule has 0 saturated carbocycles. The summed E-state index contributed by atoms with van der Waals surface area (Å²) in [6.07, 6.45) is 1.97. The molecule has 0 radical (unpaired) electrons. The summed E-state index contributed by atoms with van der Waals surface area (Å²) >= 11 is 1.37. The molecule has 2 aromatic carbocycles. The summed E-state index contributed by atoms with van der Waals surface area (Å²) in [5, 5.41) is 6.56. The summed E-state index contributed by atoms with van der Waals surface area (Å²) < 4.78 is 17.1. The Hall–Kier alpha value is -3.89.